The first-order valence-electron chi connectivity index (χ1n) is 8.77. The number of aromatic nitrogens is 2. The van der Waals surface area contributed by atoms with E-state index in [9.17, 15) is 18.0 Å². The number of para-hydroxylation sites is 1. The van der Waals surface area contributed by atoms with Crippen LogP contribution in [0, 0.1) is 0 Å². The first kappa shape index (κ1) is 18.1. The summed E-state index contributed by atoms with van der Waals surface area (Å²) in [6, 6.07) is 12.4. The highest BCUT2D eigenvalue weighted by atomic mass is 19.4. The number of aromatic amines is 1. The molecule has 28 heavy (non-hydrogen) atoms. The van der Waals surface area contributed by atoms with Gasteiger partial charge in [0.05, 0.1) is 11.1 Å². The lowest BCUT2D eigenvalue weighted by Gasteiger charge is -2.26. The topological polar surface area (TPSA) is 61.0 Å². The minimum absolute atomic E-state index is 0.295. The van der Waals surface area contributed by atoms with Crippen molar-refractivity contribution >= 4 is 28.3 Å². The van der Waals surface area contributed by atoms with Crippen molar-refractivity contribution in [3.05, 3.63) is 65.7 Å². The van der Waals surface area contributed by atoms with Crippen molar-refractivity contribution in [1.29, 1.82) is 0 Å². The molecular formula is C20H17F3N4O. The van der Waals surface area contributed by atoms with E-state index in [1.807, 2.05) is 24.3 Å². The van der Waals surface area contributed by atoms with Crippen molar-refractivity contribution < 1.29 is 18.0 Å². The summed E-state index contributed by atoms with van der Waals surface area (Å²) in [6.45, 7) is 0.732. The number of H-pyrrole nitrogens is 1. The van der Waals surface area contributed by atoms with E-state index < -0.39 is 11.7 Å². The van der Waals surface area contributed by atoms with Gasteiger partial charge in [-0.25, -0.2) is 4.79 Å². The fraction of sp³-hybridized carbons (Fsp3) is 0.200. The zero-order valence-corrected chi connectivity index (χ0v) is 14.8. The maximum atomic E-state index is 12.9. The molecule has 0 saturated carbocycles. The average Bonchev–Trinajstić information content (AvgIpc) is 3.10. The lowest BCUT2D eigenvalue weighted by atomic mass is 9.98. The number of rotatable bonds is 2. The van der Waals surface area contributed by atoms with E-state index in [-0.39, 0.29) is 6.03 Å². The number of urea groups is 1. The SMILES string of the molecule is O=C(Nc1n[nH]c2ccccc12)N1CC=C(c2cccc(C(F)(F)F)c2)CC1. The van der Waals surface area contributed by atoms with Crippen molar-refractivity contribution in [3.63, 3.8) is 0 Å². The first-order chi connectivity index (χ1) is 13.4. The van der Waals surface area contributed by atoms with Crippen LogP contribution in [-0.2, 0) is 6.18 Å². The molecule has 4 rings (SSSR count). The molecule has 2 N–H and O–H groups in total. The van der Waals surface area contributed by atoms with E-state index in [0.29, 0.717) is 30.9 Å². The molecule has 0 aliphatic carbocycles. The number of alkyl halides is 3. The van der Waals surface area contributed by atoms with Crippen molar-refractivity contribution in [2.24, 2.45) is 0 Å². The van der Waals surface area contributed by atoms with Crippen LogP contribution >= 0.6 is 0 Å². The van der Waals surface area contributed by atoms with Crippen LogP contribution in [0.1, 0.15) is 17.5 Å². The van der Waals surface area contributed by atoms with E-state index in [1.165, 1.54) is 6.07 Å². The number of anilines is 1. The minimum Gasteiger partial charge on any atom is -0.320 e. The number of benzene rings is 2. The second-order valence-corrected chi connectivity index (χ2v) is 6.55. The Morgan fingerprint density at radius 3 is 2.71 bits per heavy atom. The Hall–Kier alpha value is -3.29. The summed E-state index contributed by atoms with van der Waals surface area (Å²) >= 11 is 0. The number of amides is 2. The molecule has 1 aliphatic heterocycles. The highest BCUT2D eigenvalue weighted by Gasteiger charge is 2.30. The Morgan fingerprint density at radius 1 is 1.14 bits per heavy atom. The maximum absolute atomic E-state index is 12.9. The third kappa shape index (κ3) is 3.58. The van der Waals surface area contributed by atoms with Crippen LogP contribution in [0.15, 0.2) is 54.6 Å². The Balaban J connectivity index is 1.46. The third-order valence-electron chi connectivity index (χ3n) is 4.75. The fourth-order valence-corrected chi connectivity index (χ4v) is 3.25. The summed E-state index contributed by atoms with van der Waals surface area (Å²) in [5, 5.41) is 10.6. The van der Waals surface area contributed by atoms with E-state index in [2.05, 4.69) is 15.5 Å². The Kier molecular flexibility index (Phi) is 4.54. The second kappa shape index (κ2) is 7.03. The van der Waals surface area contributed by atoms with Crippen LogP contribution in [0.3, 0.4) is 0 Å². The van der Waals surface area contributed by atoms with E-state index in [0.717, 1.165) is 28.6 Å². The molecule has 5 nitrogen and oxygen atoms in total. The van der Waals surface area contributed by atoms with Gasteiger partial charge in [0.1, 0.15) is 0 Å². The number of carbonyl (C=O) groups excluding carboxylic acids is 1. The molecule has 2 aromatic carbocycles. The standard InChI is InChI=1S/C20H17F3N4O/c21-20(22,23)15-5-3-4-14(12-15)13-8-10-27(11-9-13)19(28)24-18-16-6-1-2-7-17(16)25-26-18/h1-8,12H,9-11H2,(H2,24,25,26,28). The highest BCUT2D eigenvalue weighted by molar-refractivity contribution is 5.99. The predicted molar refractivity (Wildman–Crippen MR) is 101 cm³/mol. The normalized spacial score (nSPS) is 14.8. The van der Waals surface area contributed by atoms with Crippen molar-refractivity contribution in [2.45, 2.75) is 12.6 Å². The Bertz CT molecular complexity index is 1050. The molecule has 0 radical (unpaired) electrons. The first-order valence-corrected chi connectivity index (χ1v) is 8.77. The van der Waals surface area contributed by atoms with Gasteiger partial charge in [0.25, 0.3) is 0 Å². The fourth-order valence-electron chi connectivity index (χ4n) is 3.25. The van der Waals surface area contributed by atoms with Crippen LogP contribution < -0.4 is 5.32 Å². The predicted octanol–water partition coefficient (Wildman–Crippen LogP) is 4.90. The summed E-state index contributed by atoms with van der Waals surface area (Å²) in [6.07, 6.45) is -2.10. The van der Waals surface area contributed by atoms with Crippen molar-refractivity contribution in [2.75, 3.05) is 18.4 Å². The molecule has 1 aliphatic rings. The van der Waals surface area contributed by atoms with Gasteiger partial charge < -0.3 is 4.90 Å². The number of hydrogen-bond acceptors (Lipinski definition) is 2. The summed E-state index contributed by atoms with van der Waals surface area (Å²) in [7, 11) is 0. The molecule has 0 saturated heterocycles. The van der Waals surface area contributed by atoms with Gasteiger partial charge in [-0.1, -0.05) is 30.3 Å². The molecular weight excluding hydrogens is 369 g/mol. The molecule has 0 spiro atoms. The van der Waals surface area contributed by atoms with E-state index in [4.69, 9.17) is 0 Å². The molecule has 0 bridgehead atoms. The monoisotopic (exact) mass is 386 g/mol. The van der Waals surface area contributed by atoms with Crippen molar-refractivity contribution in [1.82, 2.24) is 15.1 Å². The lowest BCUT2D eigenvalue weighted by Crippen LogP contribution is -2.38. The number of fused-ring (bicyclic) bond motifs is 1. The molecule has 0 unspecified atom stereocenters. The number of nitrogens with zero attached hydrogens (tertiary/aromatic N) is 2. The second-order valence-electron chi connectivity index (χ2n) is 6.55. The number of hydrogen-bond donors (Lipinski definition) is 2. The Labute approximate surface area is 158 Å². The zero-order chi connectivity index (χ0) is 19.7. The smallest absolute Gasteiger partial charge is 0.320 e. The summed E-state index contributed by atoms with van der Waals surface area (Å²) in [5.74, 6) is 0.452. The van der Waals surface area contributed by atoms with Crippen LogP contribution in [-0.4, -0.2) is 34.2 Å². The van der Waals surface area contributed by atoms with Crippen LogP contribution in [0.4, 0.5) is 23.8 Å². The molecule has 144 valence electrons. The summed E-state index contributed by atoms with van der Waals surface area (Å²) in [5.41, 5.74) is 1.49. The van der Waals surface area contributed by atoms with Crippen LogP contribution in [0.5, 0.6) is 0 Å². The molecule has 2 heterocycles. The van der Waals surface area contributed by atoms with E-state index >= 15 is 0 Å². The van der Waals surface area contributed by atoms with E-state index in [1.54, 1.807) is 17.0 Å². The van der Waals surface area contributed by atoms with Gasteiger partial charge in [-0.15, -0.1) is 0 Å². The zero-order valence-electron chi connectivity index (χ0n) is 14.8. The van der Waals surface area contributed by atoms with Gasteiger partial charge in [0, 0.05) is 18.5 Å². The van der Waals surface area contributed by atoms with Crippen LogP contribution in [0.25, 0.3) is 16.5 Å². The Morgan fingerprint density at radius 2 is 1.96 bits per heavy atom. The number of nitrogens with one attached hydrogen (secondary N) is 2. The van der Waals surface area contributed by atoms with Gasteiger partial charge in [-0.2, -0.15) is 18.3 Å². The minimum atomic E-state index is -4.37. The molecule has 0 atom stereocenters. The largest absolute Gasteiger partial charge is 0.416 e. The lowest BCUT2D eigenvalue weighted by molar-refractivity contribution is -0.137. The average molecular weight is 386 g/mol. The van der Waals surface area contributed by atoms with Crippen LogP contribution in [0.2, 0.25) is 0 Å². The maximum Gasteiger partial charge on any atom is 0.416 e. The number of carbonyl (C=O) groups is 1. The van der Waals surface area contributed by atoms with Gasteiger partial charge >= 0.3 is 12.2 Å². The molecule has 3 aromatic rings. The van der Waals surface area contributed by atoms with Gasteiger partial charge in [-0.3, -0.25) is 10.4 Å². The van der Waals surface area contributed by atoms with Gasteiger partial charge in [-0.05, 0) is 41.8 Å². The number of halogens is 3. The quantitative estimate of drug-likeness (QED) is 0.658. The van der Waals surface area contributed by atoms with Gasteiger partial charge in [0.15, 0.2) is 5.82 Å². The summed E-state index contributed by atoms with van der Waals surface area (Å²) < 4.78 is 38.7. The highest BCUT2D eigenvalue weighted by Crippen LogP contribution is 2.32. The van der Waals surface area contributed by atoms with Gasteiger partial charge in [0.2, 0.25) is 0 Å². The third-order valence-corrected chi connectivity index (χ3v) is 4.75. The molecule has 0 fully saturated rings. The van der Waals surface area contributed by atoms with Crippen molar-refractivity contribution in [3.8, 4) is 0 Å². The molecule has 8 heteroatoms. The summed E-state index contributed by atoms with van der Waals surface area (Å²) in [4.78, 5) is 14.1. The molecule has 2 amide bonds. The molecule has 1 aromatic heterocycles.